The van der Waals surface area contributed by atoms with E-state index in [-0.39, 0.29) is 5.91 Å². The molecule has 0 saturated carbocycles. The Morgan fingerprint density at radius 2 is 1.85 bits per heavy atom. The Bertz CT molecular complexity index is 1270. The fraction of sp³-hybridized carbons (Fsp3) is 0.240. The predicted molar refractivity (Wildman–Crippen MR) is 132 cm³/mol. The van der Waals surface area contributed by atoms with E-state index >= 15 is 0 Å². The number of hydrogen-bond acceptors (Lipinski definition) is 7. The van der Waals surface area contributed by atoms with E-state index in [9.17, 15) is 4.79 Å². The zero-order valence-electron chi connectivity index (χ0n) is 18.8. The highest BCUT2D eigenvalue weighted by atomic mass is 32.1. The summed E-state index contributed by atoms with van der Waals surface area (Å²) in [5.74, 6) is 1.77. The number of rotatable bonds is 7. The van der Waals surface area contributed by atoms with Crippen LogP contribution in [0.3, 0.4) is 0 Å². The molecule has 0 radical (unpaired) electrons. The van der Waals surface area contributed by atoms with E-state index in [1.54, 1.807) is 42.7 Å². The number of methoxy groups -OCH3 is 1. The normalized spacial score (nSPS) is 14.1. The number of anilines is 1. The number of hydrogen-bond donors (Lipinski definition) is 3. The van der Waals surface area contributed by atoms with Crippen molar-refractivity contribution in [1.82, 2.24) is 15.4 Å². The van der Waals surface area contributed by atoms with Gasteiger partial charge in [-0.15, -0.1) is 11.3 Å². The molecule has 3 N–H and O–H groups in total. The number of amides is 1. The van der Waals surface area contributed by atoms with E-state index in [0.29, 0.717) is 23.7 Å². The number of quaternary nitrogens is 1. The molecule has 5 rings (SSSR count). The van der Waals surface area contributed by atoms with Crippen LogP contribution in [0.5, 0.6) is 5.75 Å². The molecule has 2 aromatic heterocycles. The monoisotopic (exact) mass is 476 g/mol. The lowest BCUT2D eigenvalue weighted by atomic mass is 10.1. The van der Waals surface area contributed by atoms with Crippen molar-refractivity contribution >= 4 is 33.3 Å². The predicted octanol–water partition coefficient (Wildman–Crippen LogP) is 2.54. The van der Waals surface area contributed by atoms with Crippen molar-refractivity contribution in [3.8, 4) is 16.9 Å². The lowest BCUT2D eigenvalue weighted by molar-refractivity contribution is -0.922. The van der Waals surface area contributed by atoms with Crippen LogP contribution in [0.25, 0.3) is 21.3 Å². The summed E-state index contributed by atoms with van der Waals surface area (Å²) in [6.07, 6.45) is 0. The topological polar surface area (TPSA) is 89.8 Å². The number of nitrogens with one attached hydrogen (secondary N) is 3. The number of ether oxygens (including phenoxy) is 2. The van der Waals surface area contributed by atoms with Gasteiger partial charge in [-0.1, -0.05) is 30.3 Å². The Morgan fingerprint density at radius 1 is 1.09 bits per heavy atom. The second-order valence-electron chi connectivity index (χ2n) is 8.03. The van der Waals surface area contributed by atoms with Crippen LogP contribution < -0.4 is 20.5 Å². The minimum atomic E-state index is -0.258. The van der Waals surface area contributed by atoms with Crippen LogP contribution in [0.15, 0.2) is 60.0 Å². The third kappa shape index (κ3) is 4.86. The quantitative estimate of drug-likeness (QED) is 0.355. The molecule has 0 atom stereocenters. The molecule has 4 aromatic rings. The molecule has 3 heterocycles. The van der Waals surface area contributed by atoms with Crippen LogP contribution >= 0.6 is 11.3 Å². The fourth-order valence-corrected chi connectivity index (χ4v) is 4.94. The van der Waals surface area contributed by atoms with E-state index < -0.39 is 0 Å². The van der Waals surface area contributed by atoms with Crippen LogP contribution in [-0.4, -0.2) is 49.3 Å². The number of morpholine rings is 1. The first kappa shape index (κ1) is 22.3. The van der Waals surface area contributed by atoms with Crippen molar-refractivity contribution in [2.45, 2.75) is 6.54 Å². The van der Waals surface area contributed by atoms with Gasteiger partial charge < -0.3 is 14.4 Å². The van der Waals surface area contributed by atoms with Crippen molar-refractivity contribution in [1.29, 1.82) is 0 Å². The molecule has 2 aromatic carbocycles. The Balaban J connectivity index is 1.46. The SMILES string of the molecule is COc1ccc(C(=O)NNc2nc(C[NH+]3CCOCC3)nc3scc(-c4ccccc4)c23)cc1. The lowest BCUT2D eigenvalue weighted by Gasteiger charge is -2.23. The molecular weight excluding hydrogens is 450 g/mol. The molecule has 9 heteroatoms. The van der Waals surface area contributed by atoms with Crippen LogP contribution in [0.2, 0.25) is 0 Å². The molecule has 1 saturated heterocycles. The first-order valence-electron chi connectivity index (χ1n) is 11.2. The molecule has 1 aliphatic heterocycles. The van der Waals surface area contributed by atoms with Gasteiger partial charge in [0, 0.05) is 16.5 Å². The van der Waals surface area contributed by atoms with Crippen molar-refractivity contribution in [2.24, 2.45) is 0 Å². The molecule has 1 fully saturated rings. The van der Waals surface area contributed by atoms with Crippen LogP contribution in [0, 0.1) is 0 Å². The molecule has 0 aliphatic carbocycles. The summed E-state index contributed by atoms with van der Waals surface area (Å²) in [7, 11) is 1.60. The van der Waals surface area contributed by atoms with E-state index in [1.807, 2.05) is 18.2 Å². The van der Waals surface area contributed by atoms with E-state index in [0.717, 1.165) is 53.5 Å². The Hall–Kier alpha value is -3.53. The largest absolute Gasteiger partial charge is 0.497 e. The van der Waals surface area contributed by atoms with Crippen molar-refractivity contribution in [3.63, 3.8) is 0 Å². The molecule has 0 unspecified atom stereocenters. The highest BCUT2D eigenvalue weighted by molar-refractivity contribution is 7.17. The molecule has 1 aliphatic rings. The summed E-state index contributed by atoms with van der Waals surface area (Å²) in [4.78, 5) is 24.7. The molecule has 174 valence electrons. The Kier molecular flexibility index (Phi) is 6.66. The van der Waals surface area contributed by atoms with Gasteiger partial charge >= 0.3 is 0 Å². The lowest BCUT2D eigenvalue weighted by Crippen LogP contribution is -3.12. The molecule has 8 nitrogen and oxygen atoms in total. The Morgan fingerprint density at radius 3 is 2.59 bits per heavy atom. The number of fused-ring (bicyclic) bond motifs is 1. The average molecular weight is 477 g/mol. The number of hydrazine groups is 1. The number of carbonyl (C=O) groups excluding carboxylic acids is 1. The zero-order chi connectivity index (χ0) is 23.3. The summed E-state index contributed by atoms with van der Waals surface area (Å²) >= 11 is 1.58. The molecule has 34 heavy (non-hydrogen) atoms. The molecular formula is C25H26N5O3S+. The van der Waals surface area contributed by atoms with E-state index in [2.05, 4.69) is 28.4 Å². The van der Waals surface area contributed by atoms with E-state index in [1.165, 1.54) is 4.90 Å². The maximum Gasteiger partial charge on any atom is 0.269 e. The van der Waals surface area contributed by atoms with Crippen LogP contribution in [0.4, 0.5) is 5.82 Å². The number of carbonyl (C=O) groups is 1. The Labute approximate surface area is 201 Å². The van der Waals surface area contributed by atoms with Gasteiger partial charge in [-0.2, -0.15) is 0 Å². The van der Waals surface area contributed by atoms with Gasteiger partial charge in [0.1, 0.15) is 30.2 Å². The number of nitrogens with zero attached hydrogens (tertiary/aromatic N) is 2. The summed E-state index contributed by atoms with van der Waals surface area (Å²) in [6, 6.07) is 17.1. The highest BCUT2D eigenvalue weighted by Gasteiger charge is 2.20. The zero-order valence-corrected chi connectivity index (χ0v) is 19.7. The third-order valence-corrected chi connectivity index (χ3v) is 6.69. The molecule has 0 bridgehead atoms. The average Bonchev–Trinajstić information content (AvgIpc) is 3.32. The van der Waals surface area contributed by atoms with Crippen LogP contribution in [0.1, 0.15) is 16.2 Å². The molecule has 0 spiro atoms. The van der Waals surface area contributed by atoms with E-state index in [4.69, 9.17) is 19.4 Å². The van der Waals surface area contributed by atoms with Gasteiger partial charge in [0.15, 0.2) is 11.6 Å². The fourth-order valence-electron chi connectivity index (χ4n) is 3.98. The maximum atomic E-state index is 12.8. The summed E-state index contributed by atoms with van der Waals surface area (Å²) < 4.78 is 10.7. The summed E-state index contributed by atoms with van der Waals surface area (Å²) in [6.45, 7) is 4.06. The number of thiophene rings is 1. The second-order valence-corrected chi connectivity index (χ2v) is 8.89. The van der Waals surface area contributed by atoms with Gasteiger partial charge in [-0.05, 0) is 29.8 Å². The minimum absolute atomic E-state index is 0.258. The van der Waals surface area contributed by atoms with Gasteiger partial charge in [-0.3, -0.25) is 15.6 Å². The van der Waals surface area contributed by atoms with Crippen molar-refractivity contribution in [3.05, 3.63) is 71.4 Å². The first-order chi connectivity index (χ1) is 16.7. The summed E-state index contributed by atoms with van der Waals surface area (Å²) in [5.41, 5.74) is 8.51. The maximum absolute atomic E-state index is 12.8. The van der Waals surface area contributed by atoms with Gasteiger partial charge in [-0.25, -0.2) is 9.97 Å². The number of aromatic nitrogens is 2. The van der Waals surface area contributed by atoms with Crippen molar-refractivity contribution in [2.75, 3.05) is 38.8 Å². The highest BCUT2D eigenvalue weighted by Crippen LogP contribution is 2.36. The van der Waals surface area contributed by atoms with Gasteiger partial charge in [0.25, 0.3) is 5.91 Å². The number of benzene rings is 2. The summed E-state index contributed by atoms with van der Waals surface area (Å²) in [5, 5.41) is 2.99. The standard InChI is InChI=1S/C25H25N5O3S/c1-32-19-9-7-18(8-10-19)24(31)29-28-23-22-20(17-5-3-2-4-6-17)16-34-25(22)27-21(26-23)15-30-11-13-33-14-12-30/h2-10,16H,11-15H2,1H3,(H,29,31)(H,26,27,28)/p+1. The van der Waals surface area contributed by atoms with Crippen molar-refractivity contribution < 1.29 is 19.2 Å². The van der Waals surface area contributed by atoms with Gasteiger partial charge in [0.2, 0.25) is 0 Å². The minimum Gasteiger partial charge on any atom is -0.497 e. The van der Waals surface area contributed by atoms with Crippen LogP contribution in [-0.2, 0) is 11.3 Å². The molecule has 1 amide bonds. The smallest absolute Gasteiger partial charge is 0.269 e. The third-order valence-electron chi connectivity index (χ3n) is 5.82. The second kappa shape index (κ2) is 10.2. The first-order valence-corrected chi connectivity index (χ1v) is 12.0. The van der Waals surface area contributed by atoms with Gasteiger partial charge in [0.05, 0.1) is 25.7 Å².